The van der Waals surface area contributed by atoms with Crippen LogP contribution >= 0.6 is 11.3 Å². The van der Waals surface area contributed by atoms with Crippen molar-refractivity contribution in [2.24, 2.45) is 0 Å². The molecule has 0 radical (unpaired) electrons. The molecule has 138 valence electrons. The van der Waals surface area contributed by atoms with Crippen LogP contribution in [0.3, 0.4) is 0 Å². The van der Waals surface area contributed by atoms with Crippen molar-refractivity contribution in [2.75, 3.05) is 7.11 Å². The van der Waals surface area contributed by atoms with Gasteiger partial charge in [-0.2, -0.15) is 10.5 Å². The molecule has 0 unspecified atom stereocenters. The predicted molar refractivity (Wildman–Crippen MR) is 100 cm³/mol. The van der Waals surface area contributed by atoms with Crippen molar-refractivity contribution in [3.8, 4) is 23.6 Å². The SMILES string of the molecule is COc1ccccc1/C=c1\sc(=C(C#N)C#N)n(-c2ccc(F)cc2F)c1=O. The fraction of sp³-hybridized carbons (Fsp3) is 0.0500. The molecule has 0 N–H and O–H groups in total. The largest absolute Gasteiger partial charge is 0.496 e. The van der Waals surface area contributed by atoms with Gasteiger partial charge in [0.1, 0.15) is 34.2 Å². The number of ether oxygens (including phenoxy) is 1. The molecular weight excluding hydrogens is 384 g/mol. The Morgan fingerprint density at radius 2 is 1.89 bits per heavy atom. The van der Waals surface area contributed by atoms with Gasteiger partial charge < -0.3 is 4.74 Å². The summed E-state index contributed by atoms with van der Waals surface area (Å²) in [6.07, 6.45) is 1.53. The average Bonchev–Trinajstić information content (AvgIpc) is 2.99. The molecule has 3 rings (SSSR count). The van der Waals surface area contributed by atoms with Crippen LogP contribution in [-0.2, 0) is 0 Å². The van der Waals surface area contributed by atoms with Gasteiger partial charge in [0.2, 0.25) is 0 Å². The van der Waals surface area contributed by atoms with E-state index < -0.39 is 17.2 Å². The first kappa shape index (κ1) is 19.0. The number of nitrogens with zero attached hydrogens (tertiary/aromatic N) is 3. The third-order valence-corrected chi connectivity index (χ3v) is 4.93. The van der Waals surface area contributed by atoms with E-state index in [-0.39, 0.29) is 20.5 Å². The van der Waals surface area contributed by atoms with Crippen LogP contribution in [0.1, 0.15) is 5.56 Å². The Labute approximate surface area is 161 Å². The van der Waals surface area contributed by atoms with Crippen molar-refractivity contribution in [3.63, 3.8) is 0 Å². The number of hydrogen-bond acceptors (Lipinski definition) is 5. The zero-order chi connectivity index (χ0) is 20.3. The van der Waals surface area contributed by atoms with Crippen molar-refractivity contribution >= 4 is 23.0 Å². The third-order valence-electron chi connectivity index (χ3n) is 3.84. The lowest BCUT2D eigenvalue weighted by Gasteiger charge is -2.04. The molecule has 0 saturated carbocycles. The van der Waals surface area contributed by atoms with Gasteiger partial charge in [0, 0.05) is 11.6 Å². The fourth-order valence-corrected chi connectivity index (χ4v) is 3.62. The maximum Gasteiger partial charge on any atom is 0.273 e. The molecule has 3 aromatic rings. The minimum Gasteiger partial charge on any atom is -0.496 e. The highest BCUT2D eigenvalue weighted by Crippen LogP contribution is 2.17. The summed E-state index contributed by atoms with van der Waals surface area (Å²) in [5.74, 6) is -1.28. The number of aromatic nitrogens is 1. The number of nitriles is 2. The second-order valence-electron chi connectivity index (χ2n) is 5.49. The molecule has 0 bridgehead atoms. The summed E-state index contributed by atoms with van der Waals surface area (Å²) in [6, 6.07) is 13.1. The van der Waals surface area contributed by atoms with Crippen LogP contribution in [0.4, 0.5) is 8.78 Å². The molecular formula is C20H11F2N3O2S. The summed E-state index contributed by atoms with van der Waals surface area (Å²) < 4.78 is 33.9. The smallest absolute Gasteiger partial charge is 0.273 e. The first-order valence-electron chi connectivity index (χ1n) is 7.86. The van der Waals surface area contributed by atoms with Crippen molar-refractivity contribution in [3.05, 3.63) is 79.2 Å². The highest BCUT2D eigenvalue weighted by Gasteiger charge is 2.15. The lowest BCUT2D eigenvalue weighted by Crippen LogP contribution is -2.31. The number of methoxy groups -OCH3 is 1. The van der Waals surface area contributed by atoms with Gasteiger partial charge in [0.15, 0.2) is 5.57 Å². The van der Waals surface area contributed by atoms with E-state index in [4.69, 9.17) is 4.74 Å². The quantitative estimate of drug-likeness (QED) is 0.681. The molecule has 28 heavy (non-hydrogen) atoms. The van der Waals surface area contributed by atoms with Crippen molar-refractivity contribution in [1.29, 1.82) is 10.5 Å². The van der Waals surface area contributed by atoms with E-state index >= 15 is 0 Å². The number of benzene rings is 2. The number of hydrogen-bond donors (Lipinski definition) is 0. The topological polar surface area (TPSA) is 78.8 Å². The molecule has 0 fully saturated rings. The molecule has 0 aliphatic rings. The van der Waals surface area contributed by atoms with E-state index in [9.17, 15) is 24.1 Å². The highest BCUT2D eigenvalue weighted by atomic mass is 32.1. The minimum absolute atomic E-state index is 0.0401. The molecule has 1 aromatic heterocycles. The van der Waals surface area contributed by atoms with Gasteiger partial charge in [-0.15, -0.1) is 11.3 Å². The lowest BCUT2D eigenvalue weighted by molar-refractivity contribution is 0.414. The summed E-state index contributed by atoms with van der Waals surface area (Å²) in [7, 11) is 1.48. The average molecular weight is 395 g/mol. The summed E-state index contributed by atoms with van der Waals surface area (Å²) in [5.41, 5.74) is -0.651. The maximum atomic E-state index is 14.3. The molecule has 0 spiro atoms. The van der Waals surface area contributed by atoms with Crippen molar-refractivity contribution in [1.82, 2.24) is 4.57 Å². The predicted octanol–water partition coefficient (Wildman–Crippen LogP) is 2.21. The van der Waals surface area contributed by atoms with Crippen LogP contribution in [0.25, 0.3) is 17.3 Å². The van der Waals surface area contributed by atoms with Crippen molar-refractivity contribution < 1.29 is 13.5 Å². The lowest BCUT2D eigenvalue weighted by atomic mass is 10.2. The summed E-state index contributed by atoms with van der Waals surface area (Å²) in [4.78, 5) is 13.0. The Bertz CT molecular complexity index is 1310. The number of thiazole rings is 1. The second kappa shape index (κ2) is 7.87. The van der Waals surface area contributed by atoms with Crippen LogP contribution < -0.4 is 19.5 Å². The van der Waals surface area contributed by atoms with Crippen LogP contribution in [0.15, 0.2) is 47.3 Å². The van der Waals surface area contributed by atoms with Gasteiger partial charge in [-0.1, -0.05) is 18.2 Å². The molecule has 0 saturated heterocycles. The van der Waals surface area contributed by atoms with Crippen LogP contribution in [-0.4, -0.2) is 11.7 Å². The highest BCUT2D eigenvalue weighted by molar-refractivity contribution is 7.07. The third kappa shape index (κ3) is 3.41. The summed E-state index contributed by atoms with van der Waals surface area (Å²) in [5, 5.41) is 18.5. The molecule has 0 amide bonds. The minimum atomic E-state index is -0.986. The Morgan fingerprint density at radius 1 is 1.18 bits per heavy atom. The number of rotatable bonds is 3. The van der Waals surface area contributed by atoms with Gasteiger partial charge >= 0.3 is 0 Å². The summed E-state index contributed by atoms with van der Waals surface area (Å²) >= 11 is 0.862. The zero-order valence-corrected chi connectivity index (χ0v) is 15.3. The normalized spacial score (nSPS) is 11.0. The van der Waals surface area contributed by atoms with Crippen molar-refractivity contribution in [2.45, 2.75) is 0 Å². The number of halogens is 2. The first-order chi connectivity index (χ1) is 13.5. The molecule has 8 heteroatoms. The van der Waals surface area contributed by atoms with E-state index in [1.807, 2.05) is 0 Å². The molecule has 2 aromatic carbocycles. The van der Waals surface area contributed by atoms with Crippen LogP contribution in [0, 0.1) is 34.3 Å². The molecule has 0 aliphatic heterocycles. The van der Waals surface area contributed by atoms with Gasteiger partial charge in [-0.3, -0.25) is 9.36 Å². The van der Waals surface area contributed by atoms with E-state index in [0.717, 1.165) is 28.0 Å². The molecule has 5 nitrogen and oxygen atoms in total. The Kier molecular flexibility index (Phi) is 5.35. The van der Waals surface area contributed by atoms with Crippen LogP contribution in [0.5, 0.6) is 5.75 Å². The maximum absolute atomic E-state index is 14.3. The number of para-hydroxylation sites is 1. The van der Waals surface area contributed by atoms with Gasteiger partial charge in [-0.05, 0) is 24.3 Å². The van der Waals surface area contributed by atoms with E-state index in [1.54, 1.807) is 36.4 Å². The zero-order valence-electron chi connectivity index (χ0n) is 14.4. The molecule has 0 atom stereocenters. The Balaban J connectivity index is 2.44. The van der Waals surface area contributed by atoms with Gasteiger partial charge in [-0.25, -0.2) is 8.78 Å². The van der Waals surface area contributed by atoms with E-state index in [1.165, 1.54) is 13.2 Å². The Hall–Kier alpha value is -3.75. The standard InChI is InChI=1S/C20H11F2N3O2S/c1-27-17-5-3-2-4-12(17)8-18-19(26)25(20(28-18)13(10-23)11-24)16-7-6-14(21)9-15(16)22/h2-9H,1H3/b18-8-. The monoisotopic (exact) mass is 395 g/mol. The molecule has 0 aliphatic carbocycles. The van der Waals surface area contributed by atoms with Crippen LogP contribution in [0.2, 0.25) is 0 Å². The van der Waals surface area contributed by atoms with E-state index in [2.05, 4.69) is 0 Å². The first-order valence-corrected chi connectivity index (χ1v) is 8.68. The second-order valence-corrected chi connectivity index (χ2v) is 6.52. The molecule has 1 heterocycles. The van der Waals surface area contributed by atoms with Gasteiger partial charge in [0.25, 0.3) is 5.56 Å². The Morgan fingerprint density at radius 3 is 2.54 bits per heavy atom. The van der Waals surface area contributed by atoms with E-state index in [0.29, 0.717) is 17.4 Å². The van der Waals surface area contributed by atoms with Gasteiger partial charge in [0.05, 0.1) is 17.3 Å². The fourth-order valence-electron chi connectivity index (χ4n) is 2.58. The summed E-state index contributed by atoms with van der Waals surface area (Å²) in [6.45, 7) is 0.